The van der Waals surface area contributed by atoms with Crippen molar-refractivity contribution in [3.05, 3.63) is 35.9 Å². The maximum absolute atomic E-state index is 5.85. The Morgan fingerprint density at radius 1 is 0.875 bits per heavy atom. The van der Waals surface area contributed by atoms with Crippen LogP contribution in [0, 0.1) is 0 Å². The van der Waals surface area contributed by atoms with E-state index in [4.69, 9.17) is 5.73 Å². The molecule has 0 aliphatic heterocycles. The number of rotatable bonds is 7. The molecule has 0 saturated carbocycles. The van der Waals surface area contributed by atoms with Crippen molar-refractivity contribution in [2.75, 3.05) is 54.9 Å². The number of hydrogen-bond donors (Lipinski definition) is 2. The smallest absolute Gasteiger partial charge is 0.0206 e. The van der Waals surface area contributed by atoms with Crippen LogP contribution in [0.5, 0.6) is 0 Å². The number of nitrogens with two attached hydrogens (primary N) is 1. The molecule has 0 bridgehead atoms. The molecule has 0 fully saturated rings. The van der Waals surface area contributed by atoms with Gasteiger partial charge in [-0.05, 0) is 47.2 Å². The highest BCUT2D eigenvalue weighted by Crippen LogP contribution is 2.00. The Morgan fingerprint density at radius 2 is 1.29 bits per heavy atom. The molecule has 0 saturated heterocycles. The maximum Gasteiger partial charge on any atom is 0.0206 e. The van der Waals surface area contributed by atoms with Gasteiger partial charge in [-0.25, -0.2) is 0 Å². The Morgan fingerprint density at radius 3 is 1.62 bits per heavy atom. The van der Waals surface area contributed by atoms with Gasteiger partial charge < -0.3 is 20.9 Å². The first kappa shape index (κ1) is 27.9. The lowest BCUT2D eigenvalue weighted by Gasteiger charge is -2.13. The number of benzene rings is 1. The van der Waals surface area contributed by atoms with Crippen LogP contribution in [0.1, 0.15) is 33.3 Å². The van der Waals surface area contributed by atoms with Crippen LogP contribution < -0.4 is 11.1 Å². The summed E-state index contributed by atoms with van der Waals surface area (Å²) < 4.78 is 0. The molecule has 1 rings (SSSR count). The minimum atomic E-state index is 0.220. The lowest BCUT2D eigenvalue weighted by molar-refractivity contribution is 0.320. The van der Waals surface area contributed by atoms with Gasteiger partial charge in [-0.1, -0.05) is 58.0 Å². The summed E-state index contributed by atoms with van der Waals surface area (Å²) in [7, 11) is 10.3. The largest absolute Gasteiger partial charge is 0.326 e. The molecule has 144 valence electrons. The van der Waals surface area contributed by atoms with E-state index in [9.17, 15) is 0 Å². The van der Waals surface area contributed by atoms with Crippen molar-refractivity contribution in [3.8, 4) is 0 Å². The first-order valence-electron chi connectivity index (χ1n) is 9.19. The SMILES string of the molecule is CC.CC.CN(C)CCN(C)C.CNCC(N)Cc1ccccc1. The summed E-state index contributed by atoms with van der Waals surface area (Å²) >= 11 is 0. The van der Waals surface area contributed by atoms with Gasteiger partial charge in [0.25, 0.3) is 0 Å². The second-order valence-electron chi connectivity index (χ2n) is 5.61. The molecular formula is C20H44N4. The average molecular weight is 341 g/mol. The van der Waals surface area contributed by atoms with Crippen LogP contribution in [0.2, 0.25) is 0 Å². The van der Waals surface area contributed by atoms with E-state index in [0.29, 0.717) is 0 Å². The van der Waals surface area contributed by atoms with Gasteiger partial charge >= 0.3 is 0 Å². The summed E-state index contributed by atoms with van der Waals surface area (Å²) in [4.78, 5) is 4.36. The van der Waals surface area contributed by atoms with Gasteiger partial charge in [-0.3, -0.25) is 0 Å². The van der Waals surface area contributed by atoms with Crippen LogP contribution in [0.15, 0.2) is 30.3 Å². The molecule has 0 spiro atoms. The molecule has 24 heavy (non-hydrogen) atoms. The van der Waals surface area contributed by atoms with Gasteiger partial charge in [0.2, 0.25) is 0 Å². The van der Waals surface area contributed by atoms with Crippen molar-refractivity contribution in [1.82, 2.24) is 15.1 Å². The van der Waals surface area contributed by atoms with Crippen molar-refractivity contribution in [1.29, 1.82) is 0 Å². The molecule has 1 unspecified atom stereocenters. The normalized spacial score (nSPS) is 10.7. The Hall–Kier alpha value is -0.940. The highest BCUT2D eigenvalue weighted by molar-refractivity contribution is 5.15. The molecule has 1 aromatic rings. The maximum atomic E-state index is 5.85. The third-order valence-electron chi connectivity index (χ3n) is 2.80. The summed E-state index contributed by atoms with van der Waals surface area (Å²) in [6.07, 6.45) is 0.946. The fourth-order valence-electron chi connectivity index (χ4n) is 1.65. The predicted octanol–water partition coefficient (Wildman–Crippen LogP) is 2.94. The average Bonchev–Trinajstić information content (AvgIpc) is 2.58. The standard InChI is InChI=1S/C10H16N2.C6H16N2.2C2H6/c1-12-8-10(11)7-9-5-3-2-4-6-9;1-7(2)5-6-8(3)4;2*1-2/h2-6,10,12H,7-8,11H2,1H3;5-6H2,1-4H3;2*1-2H3. The summed E-state index contributed by atoms with van der Waals surface area (Å²) in [6, 6.07) is 10.5. The zero-order valence-corrected chi connectivity index (χ0v) is 17.8. The van der Waals surface area contributed by atoms with Gasteiger partial charge in [0.15, 0.2) is 0 Å². The van der Waals surface area contributed by atoms with Gasteiger partial charge in [0, 0.05) is 25.7 Å². The van der Waals surface area contributed by atoms with Crippen molar-refractivity contribution in [3.63, 3.8) is 0 Å². The second kappa shape index (κ2) is 22.1. The third-order valence-corrected chi connectivity index (χ3v) is 2.80. The van der Waals surface area contributed by atoms with E-state index >= 15 is 0 Å². The van der Waals surface area contributed by atoms with Crippen molar-refractivity contribution in [2.45, 2.75) is 40.2 Å². The number of nitrogens with one attached hydrogen (secondary N) is 1. The lowest BCUT2D eigenvalue weighted by Crippen LogP contribution is -2.33. The fourth-order valence-corrected chi connectivity index (χ4v) is 1.65. The summed E-state index contributed by atoms with van der Waals surface area (Å²) in [5.74, 6) is 0. The molecule has 1 atom stereocenters. The van der Waals surface area contributed by atoms with E-state index in [1.165, 1.54) is 5.56 Å². The van der Waals surface area contributed by atoms with E-state index < -0.39 is 0 Å². The molecule has 3 N–H and O–H groups in total. The van der Waals surface area contributed by atoms with Crippen LogP contribution in [0.25, 0.3) is 0 Å². The minimum absolute atomic E-state index is 0.220. The van der Waals surface area contributed by atoms with E-state index in [0.717, 1.165) is 26.1 Å². The molecule has 0 aliphatic carbocycles. The van der Waals surface area contributed by atoms with Gasteiger partial charge in [0.1, 0.15) is 0 Å². The molecule has 0 heterocycles. The van der Waals surface area contributed by atoms with Crippen LogP contribution >= 0.6 is 0 Å². The molecular weight excluding hydrogens is 296 g/mol. The molecule has 0 amide bonds. The lowest BCUT2D eigenvalue weighted by atomic mass is 10.1. The Bertz CT molecular complexity index is 305. The van der Waals surface area contributed by atoms with Gasteiger partial charge in [-0.15, -0.1) is 0 Å². The molecule has 0 aliphatic rings. The zero-order chi connectivity index (χ0) is 19.4. The minimum Gasteiger partial charge on any atom is -0.326 e. The van der Waals surface area contributed by atoms with Crippen molar-refractivity contribution >= 4 is 0 Å². The predicted molar refractivity (Wildman–Crippen MR) is 112 cm³/mol. The molecule has 4 heteroatoms. The first-order valence-corrected chi connectivity index (χ1v) is 9.19. The van der Waals surface area contributed by atoms with Crippen LogP contribution in [-0.4, -0.2) is 70.7 Å². The van der Waals surface area contributed by atoms with Crippen LogP contribution in [0.4, 0.5) is 0 Å². The first-order chi connectivity index (χ1) is 11.5. The topological polar surface area (TPSA) is 44.5 Å². The third kappa shape index (κ3) is 23.3. The number of hydrogen-bond acceptors (Lipinski definition) is 4. The summed E-state index contributed by atoms with van der Waals surface area (Å²) in [6.45, 7) is 11.2. The molecule has 0 aromatic heterocycles. The Labute approximate surface area is 152 Å². The van der Waals surface area contributed by atoms with Gasteiger partial charge in [-0.2, -0.15) is 0 Å². The molecule has 0 radical (unpaired) electrons. The second-order valence-corrected chi connectivity index (χ2v) is 5.61. The monoisotopic (exact) mass is 340 g/mol. The van der Waals surface area contributed by atoms with Crippen molar-refractivity contribution < 1.29 is 0 Å². The number of nitrogens with zero attached hydrogens (tertiary/aromatic N) is 2. The highest BCUT2D eigenvalue weighted by Gasteiger charge is 2.00. The van der Waals surface area contributed by atoms with Crippen LogP contribution in [0.3, 0.4) is 0 Å². The van der Waals surface area contributed by atoms with Crippen LogP contribution in [-0.2, 0) is 6.42 Å². The van der Waals surface area contributed by atoms with E-state index in [2.05, 4.69) is 55.4 Å². The van der Waals surface area contributed by atoms with E-state index in [1.807, 2.05) is 52.9 Å². The zero-order valence-electron chi connectivity index (χ0n) is 17.8. The van der Waals surface area contributed by atoms with E-state index in [1.54, 1.807) is 0 Å². The summed E-state index contributed by atoms with van der Waals surface area (Å²) in [5.41, 5.74) is 7.16. The Kier molecular flexibility index (Phi) is 25.6. The summed E-state index contributed by atoms with van der Waals surface area (Å²) in [5, 5.41) is 3.06. The van der Waals surface area contributed by atoms with Crippen molar-refractivity contribution in [2.24, 2.45) is 5.73 Å². The van der Waals surface area contributed by atoms with Gasteiger partial charge in [0.05, 0.1) is 0 Å². The quantitative estimate of drug-likeness (QED) is 0.801. The Balaban J connectivity index is -0.000000321. The fraction of sp³-hybridized carbons (Fsp3) is 0.700. The molecule has 1 aromatic carbocycles. The number of likely N-dealkylation sites (N-methyl/N-ethyl adjacent to an activating group) is 3. The van der Waals surface area contributed by atoms with E-state index in [-0.39, 0.29) is 6.04 Å². The highest BCUT2D eigenvalue weighted by atomic mass is 15.1. The molecule has 4 nitrogen and oxygen atoms in total.